The Morgan fingerprint density at radius 1 is 1.30 bits per heavy atom. The summed E-state index contributed by atoms with van der Waals surface area (Å²) in [5.41, 5.74) is 6.46. The van der Waals surface area contributed by atoms with Gasteiger partial charge in [-0.2, -0.15) is 0 Å². The standard InChI is InChI=1S/C19H32N2O2/c1-19(2,18(22)23-3)14-16(8-4-5-12-20)9-6-10-17-11-7-13-21-15-17/h7,11,13,15-16H,4-6,8-10,12,14,20H2,1-3H3. The molecule has 0 fully saturated rings. The van der Waals surface area contributed by atoms with Crippen molar-refractivity contribution < 1.29 is 9.53 Å². The Bertz CT molecular complexity index is 446. The fraction of sp³-hybridized carbons (Fsp3) is 0.684. The van der Waals surface area contributed by atoms with Gasteiger partial charge < -0.3 is 10.5 Å². The lowest BCUT2D eigenvalue weighted by molar-refractivity contribution is -0.151. The van der Waals surface area contributed by atoms with Gasteiger partial charge in [0.1, 0.15) is 0 Å². The van der Waals surface area contributed by atoms with E-state index >= 15 is 0 Å². The summed E-state index contributed by atoms with van der Waals surface area (Å²) >= 11 is 0. The van der Waals surface area contributed by atoms with E-state index in [2.05, 4.69) is 11.1 Å². The second-order valence-electron chi connectivity index (χ2n) is 6.98. The van der Waals surface area contributed by atoms with E-state index in [0.717, 1.165) is 51.5 Å². The zero-order valence-electron chi connectivity index (χ0n) is 14.9. The molecule has 1 atom stereocenters. The molecule has 1 aromatic heterocycles. The van der Waals surface area contributed by atoms with Crippen LogP contribution < -0.4 is 5.73 Å². The molecule has 1 rings (SSSR count). The number of esters is 1. The first kappa shape index (κ1) is 19.6. The van der Waals surface area contributed by atoms with Crippen LogP contribution in [0.1, 0.15) is 57.9 Å². The third kappa shape index (κ3) is 7.60. The molecule has 1 aromatic rings. The van der Waals surface area contributed by atoms with Crippen molar-refractivity contribution in [3.63, 3.8) is 0 Å². The minimum Gasteiger partial charge on any atom is -0.469 e. The first-order valence-corrected chi connectivity index (χ1v) is 8.67. The summed E-state index contributed by atoms with van der Waals surface area (Å²) in [5.74, 6) is 0.418. The molecule has 0 spiro atoms. The number of rotatable bonds is 11. The highest BCUT2D eigenvalue weighted by Gasteiger charge is 2.31. The molecule has 1 unspecified atom stereocenters. The zero-order chi connectivity index (χ0) is 17.1. The summed E-state index contributed by atoms with van der Waals surface area (Å²) in [6, 6.07) is 4.10. The van der Waals surface area contributed by atoms with Crippen LogP contribution in [0.4, 0.5) is 0 Å². The number of aromatic nitrogens is 1. The lowest BCUT2D eigenvalue weighted by Gasteiger charge is -2.27. The number of methoxy groups -OCH3 is 1. The summed E-state index contributed by atoms with van der Waals surface area (Å²) in [5, 5.41) is 0. The zero-order valence-corrected chi connectivity index (χ0v) is 14.9. The Morgan fingerprint density at radius 2 is 2.04 bits per heavy atom. The molecular formula is C19H32N2O2. The summed E-state index contributed by atoms with van der Waals surface area (Å²) in [6.45, 7) is 4.70. The SMILES string of the molecule is COC(=O)C(C)(C)CC(CCCCN)CCCc1cccnc1. The molecule has 0 aliphatic heterocycles. The summed E-state index contributed by atoms with van der Waals surface area (Å²) in [4.78, 5) is 16.1. The first-order chi connectivity index (χ1) is 11.0. The van der Waals surface area contributed by atoms with Gasteiger partial charge in [0.2, 0.25) is 0 Å². The minimum absolute atomic E-state index is 0.117. The Labute approximate surface area is 140 Å². The van der Waals surface area contributed by atoms with Crippen molar-refractivity contribution in [2.24, 2.45) is 17.1 Å². The Kier molecular flexibility index (Phi) is 8.85. The number of aryl methyl sites for hydroxylation is 1. The van der Waals surface area contributed by atoms with Crippen LogP contribution in [0, 0.1) is 11.3 Å². The number of carbonyl (C=O) groups is 1. The second-order valence-corrected chi connectivity index (χ2v) is 6.98. The molecule has 4 nitrogen and oxygen atoms in total. The summed E-state index contributed by atoms with van der Waals surface area (Å²) in [7, 11) is 1.47. The number of unbranched alkanes of at least 4 members (excludes halogenated alkanes) is 1. The van der Waals surface area contributed by atoms with E-state index in [9.17, 15) is 4.79 Å². The molecule has 0 amide bonds. The highest BCUT2D eigenvalue weighted by Crippen LogP contribution is 2.32. The van der Waals surface area contributed by atoms with Gasteiger partial charge in [-0.05, 0) is 63.6 Å². The van der Waals surface area contributed by atoms with E-state index < -0.39 is 5.41 Å². The summed E-state index contributed by atoms with van der Waals surface area (Å²) in [6.07, 6.45) is 11.2. The van der Waals surface area contributed by atoms with Gasteiger partial charge in [0.05, 0.1) is 12.5 Å². The number of ether oxygens (including phenoxy) is 1. The predicted molar refractivity (Wildman–Crippen MR) is 94.0 cm³/mol. The average molecular weight is 320 g/mol. The predicted octanol–water partition coefficient (Wildman–Crippen LogP) is 3.74. The summed E-state index contributed by atoms with van der Waals surface area (Å²) < 4.78 is 4.95. The van der Waals surface area contributed by atoms with E-state index in [4.69, 9.17) is 10.5 Å². The molecule has 1 heterocycles. The van der Waals surface area contributed by atoms with E-state index in [0.29, 0.717) is 5.92 Å². The largest absolute Gasteiger partial charge is 0.469 e. The van der Waals surface area contributed by atoms with Crippen molar-refractivity contribution >= 4 is 5.97 Å². The molecular weight excluding hydrogens is 288 g/mol. The number of carbonyl (C=O) groups excluding carboxylic acids is 1. The van der Waals surface area contributed by atoms with Gasteiger partial charge in [0, 0.05) is 12.4 Å². The molecule has 130 valence electrons. The van der Waals surface area contributed by atoms with Crippen molar-refractivity contribution in [1.82, 2.24) is 4.98 Å². The van der Waals surface area contributed by atoms with Gasteiger partial charge in [-0.25, -0.2) is 0 Å². The van der Waals surface area contributed by atoms with E-state index in [1.165, 1.54) is 12.7 Å². The maximum Gasteiger partial charge on any atom is 0.311 e. The molecule has 0 aromatic carbocycles. The van der Waals surface area contributed by atoms with Crippen molar-refractivity contribution in [2.75, 3.05) is 13.7 Å². The van der Waals surface area contributed by atoms with Gasteiger partial charge in [-0.1, -0.05) is 25.3 Å². The van der Waals surface area contributed by atoms with Crippen molar-refractivity contribution in [3.8, 4) is 0 Å². The van der Waals surface area contributed by atoms with Crippen LogP contribution in [0.15, 0.2) is 24.5 Å². The van der Waals surface area contributed by atoms with Crippen molar-refractivity contribution in [2.45, 2.75) is 58.8 Å². The van der Waals surface area contributed by atoms with Crippen LogP contribution >= 0.6 is 0 Å². The molecule has 4 heteroatoms. The van der Waals surface area contributed by atoms with Crippen LogP contribution in [0.5, 0.6) is 0 Å². The Balaban J connectivity index is 2.52. The quantitative estimate of drug-likeness (QED) is 0.498. The molecule has 23 heavy (non-hydrogen) atoms. The molecule has 0 aliphatic carbocycles. The fourth-order valence-corrected chi connectivity index (χ4v) is 3.15. The third-order valence-electron chi connectivity index (χ3n) is 4.40. The number of hydrogen-bond donors (Lipinski definition) is 1. The van der Waals surface area contributed by atoms with Crippen LogP contribution in [-0.2, 0) is 16.0 Å². The van der Waals surface area contributed by atoms with Gasteiger partial charge in [-0.15, -0.1) is 0 Å². The van der Waals surface area contributed by atoms with Crippen LogP contribution in [0.25, 0.3) is 0 Å². The number of nitrogens with zero attached hydrogens (tertiary/aromatic N) is 1. The maximum absolute atomic E-state index is 11.9. The van der Waals surface area contributed by atoms with Crippen LogP contribution in [0.3, 0.4) is 0 Å². The van der Waals surface area contributed by atoms with Crippen LogP contribution in [-0.4, -0.2) is 24.6 Å². The van der Waals surface area contributed by atoms with Crippen molar-refractivity contribution in [1.29, 1.82) is 0 Å². The molecule has 0 aliphatic rings. The molecule has 0 saturated carbocycles. The van der Waals surface area contributed by atoms with Crippen molar-refractivity contribution in [3.05, 3.63) is 30.1 Å². The van der Waals surface area contributed by atoms with Gasteiger partial charge in [-0.3, -0.25) is 9.78 Å². The fourth-order valence-electron chi connectivity index (χ4n) is 3.15. The highest BCUT2D eigenvalue weighted by atomic mass is 16.5. The number of nitrogens with two attached hydrogens (primary N) is 1. The van der Waals surface area contributed by atoms with E-state index in [-0.39, 0.29) is 5.97 Å². The normalized spacial score (nSPS) is 12.9. The monoisotopic (exact) mass is 320 g/mol. The smallest absolute Gasteiger partial charge is 0.311 e. The minimum atomic E-state index is -0.420. The van der Waals surface area contributed by atoms with Gasteiger partial charge in [0.25, 0.3) is 0 Å². The first-order valence-electron chi connectivity index (χ1n) is 8.67. The van der Waals surface area contributed by atoms with E-state index in [1.54, 1.807) is 6.20 Å². The molecule has 0 saturated heterocycles. The Morgan fingerprint density at radius 3 is 2.65 bits per heavy atom. The Hall–Kier alpha value is -1.42. The third-order valence-corrected chi connectivity index (χ3v) is 4.40. The maximum atomic E-state index is 11.9. The number of pyridine rings is 1. The van der Waals surface area contributed by atoms with E-state index in [1.807, 2.05) is 26.1 Å². The highest BCUT2D eigenvalue weighted by molar-refractivity contribution is 5.75. The molecule has 0 bridgehead atoms. The molecule has 2 N–H and O–H groups in total. The van der Waals surface area contributed by atoms with Gasteiger partial charge in [0.15, 0.2) is 0 Å². The lowest BCUT2D eigenvalue weighted by atomic mass is 9.78. The number of hydrogen-bond acceptors (Lipinski definition) is 4. The molecule has 0 radical (unpaired) electrons. The topological polar surface area (TPSA) is 65.2 Å². The second kappa shape index (κ2) is 10.4. The van der Waals surface area contributed by atoms with Crippen LogP contribution in [0.2, 0.25) is 0 Å². The van der Waals surface area contributed by atoms with Gasteiger partial charge >= 0.3 is 5.97 Å². The lowest BCUT2D eigenvalue weighted by Crippen LogP contribution is -2.28. The average Bonchev–Trinajstić information content (AvgIpc) is 2.54.